The summed E-state index contributed by atoms with van der Waals surface area (Å²) in [6, 6.07) is 7.14. The van der Waals surface area contributed by atoms with Gasteiger partial charge in [0.15, 0.2) is 0 Å². The summed E-state index contributed by atoms with van der Waals surface area (Å²) >= 11 is 0. The number of aromatic carboxylic acids is 1. The maximum absolute atomic E-state index is 11.1. The van der Waals surface area contributed by atoms with E-state index in [1.165, 1.54) is 19.3 Å². The highest BCUT2D eigenvalue weighted by Crippen LogP contribution is 2.40. The number of carboxylic acids is 1. The monoisotopic (exact) mass is 263 g/mol. The predicted octanol–water partition coefficient (Wildman–Crippen LogP) is 2.29. The quantitative estimate of drug-likeness (QED) is 0.792. The lowest BCUT2D eigenvalue weighted by Crippen LogP contribution is -2.43. The predicted molar refractivity (Wildman–Crippen MR) is 73.3 cm³/mol. The van der Waals surface area contributed by atoms with E-state index in [1.807, 2.05) is 12.1 Å². The molecular formula is C15H21NO3. The zero-order valence-corrected chi connectivity index (χ0v) is 11.3. The molecule has 4 nitrogen and oxygen atoms in total. The van der Waals surface area contributed by atoms with Crippen molar-refractivity contribution in [1.82, 2.24) is 5.32 Å². The third-order valence-corrected chi connectivity index (χ3v) is 3.93. The molecule has 1 aromatic carbocycles. The van der Waals surface area contributed by atoms with Gasteiger partial charge >= 0.3 is 5.97 Å². The lowest BCUT2D eigenvalue weighted by Gasteiger charge is -2.41. The van der Waals surface area contributed by atoms with Gasteiger partial charge in [-0.05, 0) is 24.5 Å². The minimum Gasteiger partial charge on any atom is -0.478 e. The zero-order valence-electron chi connectivity index (χ0n) is 11.3. The Labute approximate surface area is 113 Å². The Kier molecular flexibility index (Phi) is 4.56. The van der Waals surface area contributed by atoms with Crippen molar-refractivity contribution in [2.24, 2.45) is 5.41 Å². The molecule has 1 saturated carbocycles. The van der Waals surface area contributed by atoms with Crippen LogP contribution in [0.25, 0.3) is 0 Å². The molecule has 2 rings (SSSR count). The van der Waals surface area contributed by atoms with Gasteiger partial charge in [0.1, 0.15) is 0 Å². The van der Waals surface area contributed by atoms with Crippen LogP contribution in [-0.4, -0.2) is 31.3 Å². The molecule has 0 saturated heterocycles. The Balaban J connectivity index is 1.90. The Morgan fingerprint density at radius 3 is 2.74 bits per heavy atom. The molecule has 0 bridgehead atoms. The van der Waals surface area contributed by atoms with Crippen molar-refractivity contribution in [3.8, 4) is 0 Å². The van der Waals surface area contributed by atoms with E-state index in [1.54, 1.807) is 19.2 Å². The van der Waals surface area contributed by atoms with Gasteiger partial charge in [0.25, 0.3) is 0 Å². The van der Waals surface area contributed by atoms with E-state index < -0.39 is 5.97 Å². The van der Waals surface area contributed by atoms with Crippen molar-refractivity contribution in [3.63, 3.8) is 0 Å². The molecule has 1 aliphatic carbocycles. The van der Waals surface area contributed by atoms with Crippen LogP contribution in [0.15, 0.2) is 24.3 Å². The number of carboxylic acid groups (broad SMARTS) is 1. The number of ether oxygens (including phenoxy) is 1. The van der Waals surface area contributed by atoms with Crippen molar-refractivity contribution in [3.05, 3.63) is 35.4 Å². The fourth-order valence-corrected chi connectivity index (χ4v) is 2.70. The number of benzene rings is 1. The number of rotatable bonds is 7. The van der Waals surface area contributed by atoms with E-state index in [9.17, 15) is 4.79 Å². The fourth-order valence-electron chi connectivity index (χ4n) is 2.70. The normalized spacial score (nSPS) is 16.9. The van der Waals surface area contributed by atoms with E-state index in [-0.39, 0.29) is 5.41 Å². The number of hydrogen-bond donors (Lipinski definition) is 2. The molecule has 4 heteroatoms. The minimum atomic E-state index is -0.868. The molecule has 0 radical (unpaired) electrons. The summed E-state index contributed by atoms with van der Waals surface area (Å²) in [6.45, 7) is 2.25. The van der Waals surface area contributed by atoms with Gasteiger partial charge in [0.2, 0.25) is 0 Å². The van der Waals surface area contributed by atoms with Crippen molar-refractivity contribution in [2.75, 3.05) is 20.3 Å². The lowest BCUT2D eigenvalue weighted by atomic mass is 9.69. The average Bonchev–Trinajstić information content (AvgIpc) is 2.36. The van der Waals surface area contributed by atoms with Crippen molar-refractivity contribution in [1.29, 1.82) is 0 Å². The van der Waals surface area contributed by atoms with Crippen molar-refractivity contribution < 1.29 is 14.6 Å². The molecule has 0 spiro atoms. The Morgan fingerprint density at radius 2 is 2.16 bits per heavy atom. The number of nitrogens with one attached hydrogen (secondary N) is 1. The van der Waals surface area contributed by atoms with Crippen molar-refractivity contribution in [2.45, 2.75) is 25.8 Å². The lowest BCUT2D eigenvalue weighted by molar-refractivity contribution is 0.0177. The van der Waals surface area contributed by atoms with Crippen molar-refractivity contribution >= 4 is 5.97 Å². The van der Waals surface area contributed by atoms with Crippen LogP contribution in [0.5, 0.6) is 0 Å². The van der Waals surface area contributed by atoms with Gasteiger partial charge in [-0.3, -0.25) is 0 Å². The molecule has 0 atom stereocenters. The van der Waals surface area contributed by atoms with Gasteiger partial charge in [-0.25, -0.2) is 4.79 Å². The van der Waals surface area contributed by atoms with E-state index in [0.29, 0.717) is 12.1 Å². The van der Waals surface area contributed by atoms with Crippen LogP contribution in [0.3, 0.4) is 0 Å². The van der Waals surface area contributed by atoms with Crippen LogP contribution < -0.4 is 5.32 Å². The van der Waals surface area contributed by atoms with Crippen LogP contribution in [0, 0.1) is 5.41 Å². The van der Waals surface area contributed by atoms with Gasteiger partial charge in [-0.1, -0.05) is 24.6 Å². The molecule has 1 aromatic rings. The Bertz CT molecular complexity index is 441. The van der Waals surface area contributed by atoms with Gasteiger partial charge in [0.05, 0.1) is 12.2 Å². The van der Waals surface area contributed by atoms with E-state index in [0.717, 1.165) is 18.7 Å². The van der Waals surface area contributed by atoms with Crippen LogP contribution in [0.2, 0.25) is 0 Å². The number of methoxy groups -OCH3 is 1. The largest absolute Gasteiger partial charge is 0.478 e. The highest BCUT2D eigenvalue weighted by molar-refractivity contribution is 5.89. The summed E-state index contributed by atoms with van der Waals surface area (Å²) in [6.07, 6.45) is 3.64. The summed E-state index contributed by atoms with van der Waals surface area (Å²) in [7, 11) is 1.74. The van der Waals surface area contributed by atoms with Crippen LogP contribution >= 0.6 is 0 Å². The van der Waals surface area contributed by atoms with E-state index in [4.69, 9.17) is 9.84 Å². The topological polar surface area (TPSA) is 58.6 Å². The summed E-state index contributed by atoms with van der Waals surface area (Å²) in [5, 5.41) is 12.5. The minimum absolute atomic E-state index is 0.257. The van der Waals surface area contributed by atoms with Gasteiger partial charge in [-0.2, -0.15) is 0 Å². The summed E-state index contributed by atoms with van der Waals surface area (Å²) in [5.74, 6) is -0.868. The average molecular weight is 263 g/mol. The third-order valence-electron chi connectivity index (χ3n) is 3.93. The third kappa shape index (κ3) is 3.33. The highest BCUT2D eigenvalue weighted by Gasteiger charge is 2.36. The SMILES string of the molecule is COCC1(CNCc2ccccc2C(=O)O)CCC1. The van der Waals surface area contributed by atoms with E-state index >= 15 is 0 Å². The fraction of sp³-hybridized carbons (Fsp3) is 0.533. The first-order chi connectivity index (χ1) is 9.17. The first kappa shape index (κ1) is 14.0. The molecule has 2 N–H and O–H groups in total. The van der Waals surface area contributed by atoms with Crippen LogP contribution in [0.1, 0.15) is 35.2 Å². The second kappa shape index (κ2) is 6.17. The maximum atomic E-state index is 11.1. The molecule has 0 amide bonds. The molecule has 0 unspecified atom stereocenters. The van der Waals surface area contributed by atoms with Gasteiger partial charge in [0, 0.05) is 25.6 Å². The number of carbonyl (C=O) groups is 1. The van der Waals surface area contributed by atoms with Crippen LogP contribution in [0.4, 0.5) is 0 Å². The summed E-state index contributed by atoms with van der Waals surface area (Å²) < 4.78 is 5.28. The molecule has 1 aliphatic rings. The summed E-state index contributed by atoms with van der Waals surface area (Å²) in [4.78, 5) is 11.1. The second-order valence-electron chi connectivity index (χ2n) is 5.35. The Morgan fingerprint density at radius 1 is 1.42 bits per heavy atom. The van der Waals surface area contributed by atoms with Crippen LogP contribution in [-0.2, 0) is 11.3 Å². The molecule has 19 heavy (non-hydrogen) atoms. The Hall–Kier alpha value is -1.39. The zero-order chi connectivity index (χ0) is 13.7. The highest BCUT2D eigenvalue weighted by atomic mass is 16.5. The molecule has 1 fully saturated rings. The molecular weight excluding hydrogens is 242 g/mol. The first-order valence-corrected chi connectivity index (χ1v) is 6.68. The molecule has 0 aliphatic heterocycles. The van der Waals surface area contributed by atoms with E-state index in [2.05, 4.69) is 5.32 Å². The number of hydrogen-bond acceptors (Lipinski definition) is 3. The molecule has 104 valence electrons. The maximum Gasteiger partial charge on any atom is 0.336 e. The summed E-state index contributed by atoms with van der Waals surface area (Å²) in [5.41, 5.74) is 1.47. The first-order valence-electron chi connectivity index (χ1n) is 6.68. The molecule has 0 aromatic heterocycles. The van der Waals surface area contributed by atoms with Gasteiger partial charge < -0.3 is 15.2 Å². The standard InChI is InChI=1S/C15H21NO3/c1-19-11-15(7-4-8-15)10-16-9-12-5-2-3-6-13(12)14(17)18/h2-3,5-6,16H,4,7-11H2,1H3,(H,17,18). The smallest absolute Gasteiger partial charge is 0.336 e. The second-order valence-corrected chi connectivity index (χ2v) is 5.35. The van der Waals surface area contributed by atoms with Gasteiger partial charge in [-0.15, -0.1) is 0 Å². The molecule has 0 heterocycles.